The van der Waals surface area contributed by atoms with Gasteiger partial charge in [0.25, 0.3) is 0 Å². The third-order valence-corrected chi connectivity index (χ3v) is 4.31. The van der Waals surface area contributed by atoms with Crippen LogP contribution in [-0.2, 0) is 0 Å². The Kier molecular flexibility index (Phi) is 13.7. The highest BCUT2D eigenvalue weighted by Gasteiger charge is 2.29. The smallest absolute Gasteiger partial charge is 0.402 e. The SMILES string of the molecule is CC(O)C(C)(C)C(C)O.CC(O)C(C)(C)C(C)O.OB(O)O. The van der Waals surface area contributed by atoms with Crippen LogP contribution in [0, 0.1) is 10.8 Å². The molecule has 0 fully saturated rings. The summed E-state index contributed by atoms with van der Waals surface area (Å²) in [5, 5.41) is 57.9. The topological polar surface area (TPSA) is 142 Å². The highest BCUT2D eigenvalue weighted by atomic mass is 16.5. The summed E-state index contributed by atoms with van der Waals surface area (Å²) in [5.41, 5.74) is -0.778. The lowest BCUT2D eigenvalue weighted by molar-refractivity contribution is -0.0291. The summed E-state index contributed by atoms with van der Waals surface area (Å²) < 4.78 is 0. The first kappa shape index (κ1) is 26.7. The van der Waals surface area contributed by atoms with E-state index in [1.807, 2.05) is 27.7 Å². The predicted molar refractivity (Wildman–Crippen MR) is 86.7 cm³/mol. The summed E-state index contributed by atoms with van der Waals surface area (Å²) in [5.74, 6) is 0. The average Bonchev–Trinajstić information content (AvgIpc) is 2.27. The molecule has 136 valence electrons. The van der Waals surface area contributed by atoms with Crippen molar-refractivity contribution < 1.29 is 35.5 Å². The Hall–Kier alpha value is -0.215. The number of aliphatic hydroxyl groups excluding tert-OH is 4. The van der Waals surface area contributed by atoms with Crippen LogP contribution in [0.2, 0.25) is 0 Å². The zero-order chi connectivity index (χ0) is 18.9. The van der Waals surface area contributed by atoms with E-state index >= 15 is 0 Å². The van der Waals surface area contributed by atoms with Crippen molar-refractivity contribution in [1.29, 1.82) is 0 Å². The first-order valence-electron chi connectivity index (χ1n) is 7.27. The van der Waals surface area contributed by atoms with Gasteiger partial charge < -0.3 is 35.5 Å². The predicted octanol–water partition coefficient (Wildman–Crippen LogP) is -0.503. The van der Waals surface area contributed by atoms with Crippen molar-refractivity contribution in [3.63, 3.8) is 0 Å². The zero-order valence-electron chi connectivity index (χ0n) is 15.0. The van der Waals surface area contributed by atoms with Crippen LogP contribution in [0.3, 0.4) is 0 Å². The van der Waals surface area contributed by atoms with Crippen LogP contribution >= 0.6 is 0 Å². The molecule has 4 atom stereocenters. The van der Waals surface area contributed by atoms with Crippen molar-refractivity contribution >= 4 is 7.32 Å². The molecule has 0 aliphatic heterocycles. The Morgan fingerprint density at radius 3 is 0.636 bits per heavy atom. The van der Waals surface area contributed by atoms with Crippen LogP contribution in [-0.4, -0.2) is 67.2 Å². The van der Waals surface area contributed by atoms with E-state index in [0.29, 0.717) is 0 Å². The largest absolute Gasteiger partial charge is 0.631 e. The quantitative estimate of drug-likeness (QED) is 0.345. The summed E-state index contributed by atoms with van der Waals surface area (Å²) >= 11 is 0. The van der Waals surface area contributed by atoms with Crippen LogP contribution in [0.1, 0.15) is 55.4 Å². The molecule has 0 radical (unpaired) electrons. The van der Waals surface area contributed by atoms with Gasteiger partial charge in [0.2, 0.25) is 0 Å². The van der Waals surface area contributed by atoms with E-state index in [-0.39, 0.29) is 10.8 Å². The van der Waals surface area contributed by atoms with E-state index in [4.69, 9.17) is 35.5 Å². The van der Waals surface area contributed by atoms with Gasteiger partial charge in [-0.1, -0.05) is 27.7 Å². The van der Waals surface area contributed by atoms with Gasteiger partial charge in [-0.3, -0.25) is 0 Å². The molecule has 4 unspecified atom stereocenters. The molecule has 8 heteroatoms. The van der Waals surface area contributed by atoms with E-state index in [1.54, 1.807) is 27.7 Å². The first-order chi connectivity index (χ1) is 9.51. The highest BCUT2D eigenvalue weighted by molar-refractivity contribution is 6.30. The third-order valence-electron chi connectivity index (χ3n) is 4.31. The Bertz CT molecular complexity index is 217. The summed E-state index contributed by atoms with van der Waals surface area (Å²) in [6.07, 6.45) is -1.84. The lowest BCUT2D eigenvalue weighted by Gasteiger charge is -2.30. The molecule has 0 saturated carbocycles. The number of hydrogen-bond donors (Lipinski definition) is 7. The summed E-state index contributed by atoms with van der Waals surface area (Å²) in [4.78, 5) is 0. The number of hydrogen-bond acceptors (Lipinski definition) is 7. The van der Waals surface area contributed by atoms with Crippen LogP contribution in [0.4, 0.5) is 0 Å². The monoisotopic (exact) mass is 326 g/mol. The van der Waals surface area contributed by atoms with Gasteiger partial charge in [0.05, 0.1) is 24.4 Å². The molecule has 22 heavy (non-hydrogen) atoms. The van der Waals surface area contributed by atoms with Gasteiger partial charge >= 0.3 is 7.32 Å². The molecule has 0 aromatic carbocycles. The van der Waals surface area contributed by atoms with Gasteiger partial charge in [0, 0.05) is 10.8 Å². The minimum absolute atomic E-state index is 0.389. The maximum Gasteiger partial charge on any atom is 0.631 e. The summed E-state index contributed by atoms with van der Waals surface area (Å²) in [6.45, 7) is 14.1. The van der Waals surface area contributed by atoms with Crippen molar-refractivity contribution in [3.8, 4) is 0 Å². The van der Waals surface area contributed by atoms with Crippen molar-refractivity contribution in [3.05, 3.63) is 0 Å². The standard InChI is InChI=1S/2C7H16O2.BH3O3/c2*1-5(8)7(3,4)6(2)9;2-1(3)4/h2*5-6,8-9H,1-4H3;2-4H. The molecule has 0 heterocycles. The van der Waals surface area contributed by atoms with E-state index in [9.17, 15) is 0 Å². The van der Waals surface area contributed by atoms with Gasteiger partial charge in [-0.05, 0) is 27.7 Å². The summed E-state index contributed by atoms with van der Waals surface area (Å²) in [6, 6.07) is 0. The van der Waals surface area contributed by atoms with Crippen molar-refractivity contribution in [2.75, 3.05) is 0 Å². The second kappa shape index (κ2) is 11.3. The lowest BCUT2D eigenvalue weighted by atomic mass is 9.82. The molecule has 0 rings (SSSR count). The molecule has 0 bridgehead atoms. The number of rotatable bonds is 4. The Balaban J connectivity index is -0.000000266. The highest BCUT2D eigenvalue weighted by Crippen LogP contribution is 2.25. The molecule has 0 spiro atoms. The molecule has 0 saturated heterocycles. The molecule has 0 aromatic heterocycles. The van der Waals surface area contributed by atoms with E-state index in [1.165, 1.54) is 0 Å². The van der Waals surface area contributed by atoms with E-state index < -0.39 is 31.7 Å². The molecule has 0 aliphatic carbocycles. The van der Waals surface area contributed by atoms with Gasteiger partial charge in [-0.25, -0.2) is 0 Å². The molecule has 7 N–H and O–H groups in total. The fourth-order valence-electron chi connectivity index (χ4n) is 0.698. The maximum absolute atomic E-state index is 9.09. The second-order valence-corrected chi connectivity index (χ2v) is 6.69. The fraction of sp³-hybridized carbons (Fsp3) is 1.00. The van der Waals surface area contributed by atoms with Crippen molar-refractivity contribution in [2.45, 2.75) is 79.8 Å². The van der Waals surface area contributed by atoms with Crippen LogP contribution in [0.25, 0.3) is 0 Å². The lowest BCUT2D eigenvalue weighted by Crippen LogP contribution is -2.36. The molecular weight excluding hydrogens is 291 g/mol. The molecule has 0 aliphatic rings. The van der Waals surface area contributed by atoms with Gasteiger partial charge in [-0.15, -0.1) is 0 Å². The van der Waals surface area contributed by atoms with Crippen molar-refractivity contribution in [1.82, 2.24) is 0 Å². The van der Waals surface area contributed by atoms with E-state index in [2.05, 4.69) is 0 Å². The van der Waals surface area contributed by atoms with Crippen LogP contribution in [0.5, 0.6) is 0 Å². The molecule has 0 aromatic rings. The third kappa shape index (κ3) is 12.3. The van der Waals surface area contributed by atoms with Crippen LogP contribution in [0.15, 0.2) is 0 Å². The average molecular weight is 326 g/mol. The Labute approximate surface area is 134 Å². The second-order valence-electron chi connectivity index (χ2n) is 6.69. The minimum atomic E-state index is -2.17. The molecule has 0 amide bonds. The van der Waals surface area contributed by atoms with Gasteiger partial charge in [0.15, 0.2) is 0 Å². The van der Waals surface area contributed by atoms with Crippen molar-refractivity contribution in [2.24, 2.45) is 10.8 Å². The minimum Gasteiger partial charge on any atom is -0.402 e. The van der Waals surface area contributed by atoms with Gasteiger partial charge in [0.1, 0.15) is 0 Å². The normalized spacial score (nSPS) is 17.0. The van der Waals surface area contributed by atoms with Gasteiger partial charge in [-0.2, -0.15) is 0 Å². The van der Waals surface area contributed by atoms with E-state index in [0.717, 1.165) is 0 Å². The summed E-state index contributed by atoms with van der Waals surface area (Å²) in [7, 11) is -2.17. The Morgan fingerprint density at radius 2 is 0.636 bits per heavy atom. The molecule has 7 nitrogen and oxygen atoms in total. The Morgan fingerprint density at radius 1 is 0.545 bits per heavy atom. The molecular formula is C14H35BO7. The zero-order valence-corrected chi connectivity index (χ0v) is 15.0. The maximum atomic E-state index is 9.09. The first-order valence-corrected chi connectivity index (χ1v) is 7.27. The number of aliphatic hydroxyl groups is 4. The fourth-order valence-corrected chi connectivity index (χ4v) is 0.698. The van der Waals surface area contributed by atoms with Crippen LogP contribution < -0.4 is 0 Å².